The Morgan fingerprint density at radius 3 is 2.12 bits per heavy atom. The van der Waals surface area contributed by atoms with Crippen molar-refractivity contribution >= 4 is 17.6 Å². The minimum absolute atomic E-state index is 0.283. The van der Waals surface area contributed by atoms with Crippen molar-refractivity contribution in [2.75, 3.05) is 12.4 Å². The van der Waals surface area contributed by atoms with Crippen LogP contribution in [-0.2, 0) is 4.74 Å². The molecule has 0 fully saturated rings. The molecule has 0 saturated carbocycles. The summed E-state index contributed by atoms with van der Waals surface area (Å²) >= 11 is 0. The first-order chi connectivity index (χ1) is 12.5. The second-order valence-electron chi connectivity index (χ2n) is 5.99. The van der Waals surface area contributed by atoms with Crippen LogP contribution >= 0.6 is 0 Å². The second kappa shape index (κ2) is 7.27. The molecule has 5 heteroatoms. The zero-order chi connectivity index (χ0) is 18.7. The molecule has 3 aromatic rings. The molecule has 5 nitrogen and oxygen atoms in total. The third-order valence-corrected chi connectivity index (χ3v) is 4.24. The number of amides is 1. The molecule has 1 aromatic heterocycles. The van der Waals surface area contributed by atoms with E-state index in [1.165, 1.54) is 7.11 Å². The highest BCUT2D eigenvalue weighted by atomic mass is 16.5. The van der Waals surface area contributed by atoms with E-state index >= 15 is 0 Å². The average Bonchev–Trinajstić information content (AvgIpc) is 3.00. The van der Waals surface area contributed by atoms with Crippen LogP contribution in [0.5, 0.6) is 0 Å². The van der Waals surface area contributed by atoms with Crippen LogP contribution in [0, 0.1) is 13.8 Å². The number of anilines is 1. The smallest absolute Gasteiger partial charge is 0.339 e. The highest BCUT2D eigenvalue weighted by Gasteiger charge is 2.14. The number of nitrogens with zero attached hydrogens (tertiary/aromatic N) is 1. The Morgan fingerprint density at radius 2 is 1.50 bits per heavy atom. The van der Waals surface area contributed by atoms with Gasteiger partial charge in [0.25, 0.3) is 5.91 Å². The zero-order valence-electron chi connectivity index (χ0n) is 14.9. The summed E-state index contributed by atoms with van der Waals surface area (Å²) in [6.45, 7) is 4.08. The Kier molecular flexibility index (Phi) is 4.89. The van der Waals surface area contributed by atoms with E-state index in [0.717, 1.165) is 17.1 Å². The largest absolute Gasteiger partial charge is 0.465 e. The van der Waals surface area contributed by atoms with Crippen LogP contribution in [-0.4, -0.2) is 23.6 Å². The van der Waals surface area contributed by atoms with Gasteiger partial charge in [-0.3, -0.25) is 4.79 Å². The number of aromatic nitrogens is 1. The number of aryl methyl sites for hydroxylation is 2. The summed E-state index contributed by atoms with van der Waals surface area (Å²) in [4.78, 5) is 24.4. The molecule has 0 aliphatic carbocycles. The number of benzene rings is 2. The molecule has 0 aliphatic heterocycles. The summed E-state index contributed by atoms with van der Waals surface area (Å²) in [5, 5.41) is 2.77. The Balaban J connectivity index is 1.83. The van der Waals surface area contributed by atoms with E-state index in [9.17, 15) is 9.59 Å². The van der Waals surface area contributed by atoms with Crippen molar-refractivity contribution in [2.24, 2.45) is 0 Å². The van der Waals surface area contributed by atoms with E-state index in [1.807, 2.05) is 26.0 Å². The monoisotopic (exact) mass is 348 g/mol. The first-order valence-electron chi connectivity index (χ1n) is 8.25. The molecule has 0 atom stereocenters. The third kappa shape index (κ3) is 3.37. The SMILES string of the molecule is COC(=O)c1ccccc1NC(=O)c1ccc(-n2c(C)ccc2C)cc1. The molecule has 1 heterocycles. The fourth-order valence-corrected chi connectivity index (χ4v) is 2.91. The molecular formula is C21H20N2O3. The van der Waals surface area contributed by atoms with Crippen molar-refractivity contribution in [2.45, 2.75) is 13.8 Å². The number of para-hydroxylation sites is 1. The first kappa shape index (κ1) is 17.5. The van der Waals surface area contributed by atoms with Gasteiger partial charge in [0, 0.05) is 22.6 Å². The molecule has 26 heavy (non-hydrogen) atoms. The summed E-state index contributed by atoms with van der Waals surface area (Å²) in [6.07, 6.45) is 0. The number of hydrogen-bond donors (Lipinski definition) is 1. The van der Waals surface area contributed by atoms with Gasteiger partial charge in [0.1, 0.15) is 0 Å². The lowest BCUT2D eigenvalue weighted by Gasteiger charge is -2.12. The number of carbonyl (C=O) groups is 2. The summed E-state index contributed by atoms with van der Waals surface area (Å²) < 4.78 is 6.87. The van der Waals surface area contributed by atoms with E-state index in [-0.39, 0.29) is 5.91 Å². The van der Waals surface area contributed by atoms with Crippen molar-refractivity contribution in [1.29, 1.82) is 0 Å². The minimum atomic E-state index is -0.491. The fourth-order valence-electron chi connectivity index (χ4n) is 2.91. The summed E-state index contributed by atoms with van der Waals surface area (Å²) in [5.41, 5.74) is 4.51. The molecule has 0 saturated heterocycles. The molecule has 132 valence electrons. The Hall–Kier alpha value is -3.34. The van der Waals surface area contributed by atoms with Crippen molar-refractivity contribution in [1.82, 2.24) is 4.57 Å². The zero-order valence-corrected chi connectivity index (χ0v) is 14.9. The lowest BCUT2D eigenvalue weighted by Crippen LogP contribution is -2.15. The van der Waals surface area contributed by atoms with Gasteiger partial charge in [-0.05, 0) is 62.4 Å². The van der Waals surface area contributed by atoms with E-state index in [4.69, 9.17) is 4.74 Å². The van der Waals surface area contributed by atoms with Crippen LogP contribution < -0.4 is 5.32 Å². The van der Waals surface area contributed by atoms with Crippen molar-refractivity contribution in [3.63, 3.8) is 0 Å². The predicted molar refractivity (Wildman–Crippen MR) is 101 cm³/mol. The van der Waals surface area contributed by atoms with Gasteiger partial charge in [-0.2, -0.15) is 0 Å². The van der Waals surface area contributed by atoms with E-state index in [0.29, 0.717) is 16.8 Å². The maximum Gasteiger partial charge on any atom is 0.339 e. The van der Waals surface area contributed by atoms with Crippen LogP contribution in [0.15, 0.2) is 60.7 Å². The van der Waals surface area contributed by atoms with Crippen molar-refractivity contribution < 1.29 is 14.3 Å². The molecular weight excluding hydrogens is 328 g/mol. The molecule has 0 spiro atoms. The van der Waals surface area contributed by atoms with Gasteiger partial charge in [-0.25, -0.2) is 4.79 Å². The van der Waals surface area contributed by atoms with Crippen LogP contribution in [0.4, 0.5) is 5.69 Å². The molecule has 0 unspecified atom stereocenters. The highest BCUT2D eigenvalue weighted by Crippen LogP contribution is 2.19. The van der Waals surface area contributed by atoms with E-state index in [2.05, 4.69) is 22.0 Å². The summed E-state index contributed by atoms with van der Waals surface area (Å²) in [5.74, 6) is -0.774. The van der Waals surface area contributed by atoms with Crippen LogP contribution in [0.3, 0.4) is 0 Å². The van der Waals surface area contributed by atoms with Gasteiger partial charge < -0.3 is 14.6 Å². The van der Waals surface area contributed by atoms with Gasteiger partial charge in [0.15, 0.2) is 0 Å². The van der Waals surface area contributed by atoms with Crippen molar-refractivity contribution in [3.05, 3.63) is 83.2 Å². The van der Waals surface area contributed by atoms with Gasteiger partial charge in [0.05, 0.1) is 18.4 Å². The van der Waals surface area contributed by atoms with Crippen LogP contribution in [0.25, 0.3) is 5.69 Å². The average molecular weight is 348 g/mol. The minimum Gasteiger partial charge on any atom is -0.465 e. The number of hydrogen-bond acceptors (Lipinski definition) is 3. The van der Waals surface area contributed by atoms with Crippen molar-refractivity contribution in [3.8, 4) is 5.69 Å². The van der Waals surface area contributed by atoms with Gasteiger partial charge in [0.2, 0.25) is 0 Å². The molecule has 1 amide bonds. The highest BCUT2D eigenvalue weighted by molar-refractivity contribution is 6.08. The van der Waals surface area contributed by atoms with Crippen LogP contribution in [0.1, 0.15) is 32.1 Å². The van der Waals surface area contributed by atoms with Gasteiger partial charge in [-0.15, -0.1) is 0 Å². The standard InChI is InChI=1S/C21H20N2O3/c1-14-8-9-15(2)23(14)17-12-10-16(11-13-17)20(24)22-19-7-5-4-6-18(19)21(25)26-3/h4-13H,1-3H3,(H,22,24). The second-order valence-corrected chi connectivity index (χ2v) is 5.99. The quantitative estimate of drug-likeness (QED) is 0.721. The third-order valence-electron chi connectivity index (χ3n) is 4.24. The molecule has 2 aromatic carbocycles. The Morgan fingerprint density at radius 1 is 0.885 bits per heavy atom. The Labute approximate surface area is 152 Å². The summed E-state index contributed by atoms with van der Waals surface area (Å²) in [6, 6.07) is 18.2. The number of carbonyl (C=O) groups excluding carboxylic acids is 2. The predicted octanol–water partition coefficient (Wildman–Crippen LogP) is 4.13. The first-order valence-corrected chi connectivity index (χ1v) is 8.25. The van der Waals surface area contributed by atoms with E-state index in [1.54, 1.807) is 36.4 Å². The molecule has 0 radical (unpaired) electrons. The van der Waals surface area contributed by atoms with E-state index < -0.39 is 5.97 Å². The molecule has 0 aliphatic rings. The maximum absolute atomic E-state index is 12.5. The fraction of sp³-hybridized carbons (Fsp3) is 0.143. The lowest BCUT2D eigenvalue weighted by atomic mass is 10.1. The number of rotatable bonds is 4. The van der Waals surface area contributed by atoms with Crippen LogP contribution in [0.2, 0.25) is 0 Å². The van der Waals surface area contributed by atoms with Gasteiger partial charge in [-0.1, -0.05) is 12.1 Å². The lowest BCUT2D eigenvalue weighted by molar-refractivity contribution is 0.0602. The maximum atomic E-state index is 12.5. The molecule has 1 N–H and O–H groups in total. The number of esters is 1. The molecule has 3 rings (SSSR count). The molecule has 0 bridgehead atoms. The number of ether oxygens (including phenoxy) is 1. The number of methoxy groups -OCH3 is 1. The Bertz CT molecular complexity index is 936. The van der Waals surface area contributed by atoms with Gasteiger partial charge >= 0.3 is 5.97 Å². The normalized spacial score (nSPS) is 10.4. The topological polar surface area (TPSA) is 60.3 Å². The number of nitrogens with one attached hydrogen (secondary N) is 1. The summed E-state index contributed by atoms with van der Waals surface area (Å²) in [7, 11) is 1.31.